The Morgan fingerprint density at radius 2 is 1.57 bits per heavy atom. The number of aromatic nitrogens is 3. The maximum absolute atomic E-state index is 11.1. The fraction of sp³-hybridized carbons (Fsp3) is 0.263. The molecule has 0 fully saturated rings. The maximum Gasteiger partial charge on any atom is 0.491 e. The van der Waals surface area contributed by atoms with Crippen molar-refractivity contribution in [3.05, 3.63) is 75.6 Å². The normalized spacial score (nSPS) is 11.8. The van der Waals surface area contributed by atoms with Crippen LogP contribution in [-0.2, 0) is 13.0 Å². The summed E-state index contributed by atoms with van der Waals surface area (Å²) in [6, 6.07) is 14.3. The van der Waals surface area contributed by atoms with Gasteiger partial charge in [0.15, 0.2) is 0 Å². The van der Waals surface area contributed by atoms with E-state index in [0.29, 0.717) is 18.8 Å². The minimum absolute atomic E-state index is 0.316. The van der Waals surface area contributed by atoms with Gasteiger partial charge in [-0.25, -0.2) is 0 Å². The van der Waals surface area contributed by atoms with E-state index >= 15 is 0 Å². The molecule has 9 heteroatoms. The van der Waals surface area contributed by atoms with Crippen molar-refractivity contribution in [2.45, 2.75) is 19.0 Å². The number of hydrogen-bond donors (Lipinski definition) is 1. The number of nitro groups is 1. The molecule has 0 radical (unpaired) electrons. The largest absolute Gasteiger partial charge is 0.497 e. The topological polar surface area (TPSA) is 118 Å². The third kappa shape index (κ3) is 4.44. The van der Waals surface area contributed by atoms with Crippen LogP contribution in [0.2, 0.25) is 0 Å². The second-order valence-electron chi connectivity index (χ2n) is 6.19. The zero-order valence-electron chi connectivity index (χ0n) is 15.6. The molecule has 146 valence electrons. The summed E-state index contributed by atoms with van der Waals surface area (Å²) in [6.07, 6.45) is 0.461. The van der Waals surface area contributed by atoms with Gasteiger partial charge in [-0.2, -0.15) is 4.68 Å². The number of nitrogens with zero attached hydrogens (tertiary/aromatic N) is 4. The first-order chi connectivity index (χ1) is 13.5. The average molecular weight is 383 g/mol. The Kier molecular flexibility index (Phi) is 5.85. The van der Waals surface area contributed by atoms with Crippen molar-refractivity contribution in [3.63, 3.8) is 0 Å². The number of methoxy groups -OCH3 is 2. The van der Waals surface area contributed by atoms with E-state index in [9.17, 15) is 10.1 Å². The molecule has 0 spiro atoms. The van der Waals surface area contributed by atoms with E-state index in [0.717, 1.165) is 22.6 Å². The number of nitrogens with two attached hydrogens (primary N) is 1. The maximum atomic E-state index is 11.1. The molecule has 28 heavy (non-hydrogen) atoms. The molecule has 0 amide bonds. The van der Waals surface area contributed by atoms with Crippen molar-refractivity contribution in [2.75, 3.05) is 14.2 Å². The second kappa shape index (κ2) is 8.49. The predicted octanol–water partition coefficient (Wildman–Crippen LogP) is 2.49. The Morgan fingerprint density at radius 1 is 1.04 bits per heavy atom. The van der Waals surface area contributed by atoms with Gasteiger partial charge in [0.2, 0.25) is 5.82 Å². The number of ether oxygens (including phenoxy) is 2. The van der Waals surface area contributed by atoms with Crippen LogP contribution in [-0.4, -0.2) is 33.9 Å². The molecule has 1 unspecified atom stereocenters. The van der Waals surface area contributed by atoms with Crippen LogP contribution in [0.15, 0.2) is 48.5 Å². The average Bonchev–Trinajstić information content (AvgIpc) is 3.13. The first-order valence-corrected chi connectivity index (χ1v) is 8.60. The Morgan fingerprint density at radius 3 is 2.07 bits per heavy atom. The molecular formula is C19H21N5O4. The van der Waals surface area contributed by atoms with Gasteiger partial charge in [0.05, 0.1) is 26.8 Å². The highest BCUT2D eigenvalue weighted by atomic mass is 16.6. The van der Waals surface area contributed by atoms with Crippen LogP contribution in [0.5, 0.6) is 11.5 Å². The van der Waals surface area contributed by atoms with Crippen molar-refractivity contribution in [1.29, 1.82) is 0 Å². The summed E-state index contributed by atoms with van der Waals surface area (Å²) >= 11 is 0. The van der Waals surface area contributed by atoms with E-state index in [4.69, 9.17) is 15.2 Å². The molecule has 0 saturated heterocycles. The van der Waals surface area contributed by atoms with Gasteiger partial charge in [-0.15, -0.1) is 0 Å². The monoisotopic (exact) mass is 383 g/mol. The molecule has 0 aliphatic carbocycles. The van der Waals surface area contributed by atoms with Crippen molar-refractivity contribution in [2.24, 2.45) is 5.73 Å². The van der Waals surface area contributed by atoms with Gasteiger partial charge in [-0.1, -0.05) is 24.3 Å². The first kappa shape index (κ1) is 19.3. The number of rotatable bonds is 8. The van der Waals surface area contributed by atoms with E-state index in [1.807, 2.05) is 48.5 Å². The molecular weight excluding hydrogens is 362 g/mol. The highest BCUT2D eigenvalue weighted by Gasteiger charge is 2.26. The Labute approximate surface area is 161 Å². The molecule has 3 aromatic rings. The summed E-state index contributed by atoms with van der Waals surface area (Å²) in [4.78, 5) is 14.6. The highest BCUT2D eigenvalue weighted by Crippen LogP contribution is 2.21. The van der Waals surface area contributed by atoms with E-state index in [1.54, 1.807) is 14.2 Å². The molecule has 2 aromatic carbocycles. The molecule has 1 atom stereocenters. The summed E-state index contributed by atoms with van der Waals surface area (Å²) in [5.74, 6) is 1.37. The van der Waals surface area contributed by atoms with Crippen LogP contribution in [0.4, 0.5) is 5.95 Å². The summed E-state index contributed by atoms with van der Waals surface area (Å²) in [7, 11) is 3.19. The van der Waals surface area contributed by atoms with E-state index in [2.05, 4.69) is 10.1 Å². The Bertz CT molecular complexity index is 938. The van der Waals surface area contributed by atoms with Gasteiger partial charge in [-0.3, -0.25) is 0 Å². The Hall–Kier alpha value is -3.46. The van der Waals surface area contributed by atoms with Crippen LogP contribution < -0.4 is 15.2 Å². The summed E-state index contributed by atoms with van der Waals surface area (Å²) in [6.45, 7) is 0.316. The standard InChI is InChI=1S/C19H21N5O4/c1-27-15-7-3-13(4-8-15)11-17(20)18-21-19(24(25)26)22-23(18)12-14-5-9-16(28-2)10-6-14/h3-10,17H,11-12,20H2,1-2H3. The minimum atomic E-state index is -0.617. The van der Waals surface area contributed by atoms with E-state index in [-0.39, 0.29) is 0 Å². The third-order valence-corrected chi connectivity index (χ3v) is 4.29. The number of benzene rings is 2. The van der Waals surface area contributed by atoms with Crippen molar-refractivity contribution >= 4 is 5.95 Å². The molecule has 0 aliphatic rings. The molecule has 2 N–H and O–H groups in total. The molecule has 0 saturated carbocycles. The zero-order chi connectivity index (χ0) is 20.1. The van der Waals surface area contributed by atoms with Crippen molar-refractivity contribution in [1.82, 2.24) is 14.8 Å². The van der Waals surface area contributed by atoms with E-state index < -0.39 is 16.9 Å². The third-order valence-electron chi connectivity index (χ3n) is 4.29. The minimum Gasteiger partial charge on any atom is -0.497 e. The second-order valence-corrected chi connectivity index (χ2v) is 6.19. The van der Waals surface area contributed by atoms with Crippen LogP contribution in [0.1, 0.15) is 23.0 Å². The van der Waals surface area contributed by atoms with Gasteiger partial charge in [0, 0.05) is 5.10 Å². The van der Waals surface area contributed by atoms with Crippen LogP contribution in [0.25, 0.3) is 0 Å². The summed E-state index contributed by atoms with van der Waals surface area (Å²) in [5, 5.41) is 15.2. The zero-order valence-corrected chi connectivity index (χ0v) is 15.6. The lowest BCUT2D eigenvalue weighted by molar-refractivity contribution is -0.394. The SMILES string of the molecule is COc1ccc(CC(N)c2nc([N+](=O)[O-])nn2Cc2ccc(OC)cc2)cc1. The molecule has 3 rings (SSSR count). The molecule has 1 aromatic heterocycles. The Balaban J connectivity index is 1.84. The van der Waals surface area contributed by atoms with Gasteiger partial charge in [-0.05, 0) is 51.7 Å². The summed E-state index contributed by atoms with van der Waals surface area (Å²) < 4.78 is 11.8. The molecule has 1 heterocycles. The molecule has 9 nitrogen and oxygen atoms in total. The highest BCUT2D eigenvalue weighted by molar-refractivity contribution is 5.29. The van der Waals surface area contributed by atoms with Crippen LogP contribution in [0, 0.1) is 10.1 Å². The summed E-state index contributed by atoms with van der Waals surface area (Å²) in [5.41, 5.74) is 8.18. The molecule has 0 bridgehead atoms. The van der Waals surface area contributed by atoms with Crippen LogP contribution >= 0.6 is 0 Å². The van der Waals surface area contributed by atoms with E-state index in [1.165, 1.54) is 4.68 Å². The van der Waals surface area contributed by atoms with Gasteiger partial charge >= 0.3 is 5.95 Å². The first-order valence-electron chi connectivity index (χ1n) is 8.60. The van der Waals surface area contributed by atoms with Crippen molar-refractivity contribution < 1.29 is 14.4 Å². The fourth-order valence-corrected chi connectivity index (χ4v) is 2.82. The lowest BCUT2D eigenvalue weighted by Crippen LogP contribution is -2.20. The lowest BCUT2D eigenvalue weighted by Gasteiger charge is -2.10. The van der Waals surface area contributed by atoms with Gasteiger partial charge < -0.3 is 25.3 Å². The quantitative estimate of drug-likeness (QED) is 0.469. The smallest absolute Gasteiger partial charge is 0.491 e. The fourth-order valence-electron chi connectivity index (χ4n) is 2.82. The molecule has 0 aliphatic heterocycles. The number of hydrogen-bond acceptors (Lipinski definition) is 7. The van der Waals surface area contributed by atoms with Gasteiger partial charge in [0.25, 0.3) is 0 Å². The van der Waals surface area contributed by atoms with Crippen LogP contribution in [0.3, 0.4) is 0 Å². The van der Waals surface area contributed by atoms with Gasteiger partial charge in [0.1, 0.15) is 11.5 Å². The predicted molar refractivity (Wildman–Crippen MR) is 102 cm³/mol. The van der Waals surface area contributed by atoms with Crippen molar-refractivity contribution in [3.8, 4) is 11.5 Å². The lowest BCUT2D eigenvalue weighted by atomic mass is 10.1.